The number of allylic oxidation sites excluding steroid dienone is 1. The zero-order valence-corrected chi connectivity index (χ0v) is 34.9. The van der Waals surface area contributed by atoms with Gasteiger partial charge in [0.1, 0.15) is 5.75 Å². The molecule has 0 fully saturated rings. The van der Waals surface area contributed by atoms with E-state index >= 15 is 0 Å². The number of nitrogens with zero attached hydrogens (tertiary/aromatic N) is 2. The SMILES string of the molecule is CCOC(=O)C1=C(COCCN)NC(C)=C(C(=O)OC)C1c1ccccc1Cl.COc1ccc([C@@H]2Sc3ccccc3N(CCN(C)C)C(=O)[C@@H]2OC(C)=O)cc1. The number of fused-ring (bicyclic) bond motifs is 1. The highest BCUT2D eigenvalue weighted by Crippen LogP contribution is 2.47. The summed E-state index contributed by atoms with van der Waals surface area (Å²) in [5.41, 5.74) is 9.45. The molecule has 3 aromatic carbocycles. The quantitative estimate of drug-likeness (QED) is 0.117. The Morgan fingerprint density at radius 1 is 0.965 bits per heavy atom. The van der Waals surface area contributed by atoms with Crippen LogP contribution in [0.2, 0.25) is 5.02 Å². The fraction of sp³-hybridized carbons (Fsp3) is 0.381. The molecule has 0 spiro atoms. The minimum Gasteiger partial charge on any atom is -0.497 e. The molecule has 3 N–H and O–H groups in total. The van der Waals surface area contributed by atoms with Crippen molar-refractivity contribution in [3.8, 4) is 5.75 Å². The largest absolute Gasteiger partial charge is 0.497 e. The monoisotopic (exact) mass is 822 g/mol. The summed E-state index contributed by atoms with van der Waals surface area (Å²) in [6.45, 7) is 6.96. The Balaban J connectivity index is 0.000000253. The molecule has 306 valence electrons. The minimum atomic E-state index is -0.916. The number of hydrogen-bond donors (Lipinski definition) is 2. The van der Waals surface area contributed by atoms with Crippen LogP contribution >= 0.6 is 23.4 Å². The summed E-state index contributed by atoms with van der Waals surface area (Å²) >= 11 is 7.96. The molecule has 0 saturated heterocycles. The predicted octanol–water partition coefficient (Wildman–Crippen LogP) is 5.63. The van der Waals surface area contributed by atoms with Crippen LogP contribution in [0, 0.1) is 0 Å². The molecular weight excluding hydrogens is 772 g/mol. The number of thioether (sulfide) groups is 1. The summed E-state index contributed by atoms with van der Waals surface area (Å²) in [7, 11) is 6.83. The maximum atomic E-state index is 13.6. The average molecular weight is 823 g/mol. The zero-order chi connectivity index (χ0) is 41.6. The summed E-state index contributed by atoms with van der Waals surface area (Å²) in [6.07, 6.45) is -0.916. The van der Waals surface area contributed by atoms with Crippen LogP contribution in [0.4, 0.5) is 5.69 Å². The molecule has 15 heteroatoms. The first-order valence-corrected chi connectivity index (χ1v) is 19.6. The van der Waals surface area contributed by atoms with Gasteiger partial charge in [-0.05, 0) is 69.4 Å². The number of benzene rings is 3. The number of methoxy groups -OCH3 is 2. The Kier molecular flexibility index (Phi) is 17.0. The van der Waals surface area contributed by atoms with Crippen LogP contribution in [0.1, 0.15) is 43.1 Å². The molecule has 0 aliphatic carbocycles. The third-order valence-corrected chi connectivity index (χ3v) is 10.7. The van der Waals surface area contributed by atoms with E-state index in [4.69, 9.17) is 41.0 Å². The number of ether oxygens (including phenoxy) is 5. The van der Waals surface area contributed by atoms with Crippen molar-refractivity contribution in [1.29, 1.82) is 0 Å². The summed E-state index contributed by atoms with van der Waals surface area (Å²) in [6, 6.07) is 22.4. The molecule has 3 atom stereocenters. The molecule has 2 heterocycles. The summed E-state index contributed by atoms with van der Waals surface area (Å²) in [5.74, 6) is -1.81. The third kappa shape index (κ3) is 11.4. The van der Waals surface area contributed by atoms with Crippen molar-refractivity contribution in [3.63, 3.8) is 0 Å². The van der Waals surface area contributed by atoms with Crippen molar-refractivity contribution in [2.24, 2.45) is 5.73 Å². The van der Waals surface area contributed by atoms with Crippen molar-refractivity contribution in [3.05, 3.63) is 111 Å². The van der Waals surface area contributed by atoms with Crippen LogP contribution in [0.15, 0.2) is 100 Å². The highest BCUT2D eigenvalue weighted by Gasteiger charge is 2.41. The number of nitrogens with two attached hydrogens (primary N) is 1. The highest BCUT2D eigenvalue weighted by atomic mass is 35.5. The second-order valence-electron chi connectivity index (χ2n) is 13.2. The van der Waals surface area contributed by atoms with E-state index in [2.05, 4.69) is 5.32 Å². The smallest absolute Gasteiger partial charge is 0.336 e. The molecule has 1 amide bonds. The topological polar surface area (TPSA) is 159 Å². The molecule has 0 radical (unpaired) electrons. The number of anilines is 1. The van der Waals surface area contributed by atoms with Gasteiger partial charge in [-0.3, -0.25) is 9.59 Å². The number of amides is 1. The van der Waals surface area contributed by atoms with Gasteiger partial charge in [-0.1, -0.05) is 54.1 Å². The van der Waals surface area contributed by atoms with E-state index in [1.165, 1.54) is 14.0 Å². The van der Waals surface area contributed by atoms with Gasteiger partial charge in [0.15, 0.2) is 6.10 Å². The van der Waals surface area contributed by atoms with Gasteiger partial charge in [0, 0.05) is 42.2 Å². The van der Waals surface area contributed by atoms with Gasteiger partial charge < -0.3 is 44.5 Å². The molecule has 3 aromatic rings. The van der Waals surface area contributed by atoms with Gasteiger partial charge in [-0.2, -0.15) is 0 Å². The predicted molar refractivity (Wildman–Crippen MR) is 220 cm³/mol. The lowest BCUT2D eigenvalue weighted by Gasteiger charge is -2.31. The summed E-state index contributed by atoms with van der Waals surface area (Å²) < 4.78 is 26.6. The number of halogens is 1. The van der Waals surface area contributed by atoms with Crippen LogP contribution in [0.5, 0.6) is 5.75 Å². The first kappa shape index (κ1) is 44.8. The molecule has 0 bridgehead atoms. The number of likely N-dealkylation sites (N-methyl/N-ethyl adjacent to an activating group) is 1. The van der Waals surface area contributed by atoms with Crippen molar-refractivity contribution >= 4 is 52.9 Å². The first-order chi connectivity index (χ1) is 27.4. The van der Waals surface area contributed by atoms with Crippen molar-refractivity contribution < 1.29 is 42.9 Å². The number of esters is 3. The maximum Gasteiger partial charge on any atom is 0.336 e. The second-order valence-corrected chi connectivity index (χ2v) is 14.8. The molecule has 0 aromatic heterocycles. The van der Waals surface area contributed by atoms with E-state index in [0.717, 1.165) is 21.9 Å². The lowest BCUT2D eigenvalue weighted by atomic mass is 9.80. The van der Waals surface area contributed by atoms with Gasteiger partial charge in [-0.15, -0.1) is 11.8 Å². The van der Waals surface area contributed by atoms with Gasteiger partial charge in [0.05, 0.1) is 67.7 Å². The molecule has 57 heavy (non-hydrogen) atoms. The van der Waals surface area contributed by atoms with Crippen LogP contribution in [-0.2, 0) is 38.1 Å². The number of nitrogens with one attached hydrogen (secondary N) is 1. The molecule has 0 saturated carbocycles. The van der Waals surface area contributed by atoms with Gasteiger partial charge in [-0.25, -0.2) is 9.59 Å². The zero-order valence-electron chi connectivity index (χ0n) is 33.3. The molecule has 13 nitrogen and oxygen atoms in total. The van der Waals surface area contributed by atoms with E-state index in [-0.39, 0.29) is 29.9 Å². The highest BCUT2D eigenvalue weighted by molar-refractivity contribution is 7.99. The number of carbonyl (C=O) groups is 4. The standard InChI is InChI=1S/C22H26N2O4S.C20H25ClN2O5/c1-15(25)28-20-21(16-9-11-17(27-4)12-10-16)29-19-8-6-5-7-18(19)24(22(20)26)14-13-23(2)3;1-4-28-20(25)18-15(11-27-10-9-22)23-12(2)16(19(24)26-3)17(18)13-7-5-6-8-14(13)21/h5-12,20-21H,13-14H2,1-4H3;5-8,17,23H,4,9-11,22H2,1-3H3/t20-,21+;/m1./s1. The van der Waals surface area contributed by atoms with Gasteiger partial charge in [0.25, 0.3) is 5.91 Å². The Labute approximate surface area is 343 Å². The maximum absolute atomic E-state index is 13.6. The van der Waals surface area contributed by atoms with Crippen LogP contribution in [0.25, 0.3) is 0 Å². The van der Waals surface area contributed by atoms with Gasteiger partial charge in [0.2, 0.25) is 0 Å². The van der Waals surface area contributed by atoms with E-state index < -0.39 is 29.9 Å². The van der Waals surface area contributed by atoms with Crippen molar-refractivity contribution in [2.75, 3.05) is 72.7 Å². The van der Waals surface area contributed by atoms with E-state index in [1.807, 2.05) is 67.5 Å². The lowest BCUT2D eigenvalue weighted by molar-refractivity contribution is -0.152. The minimum absolute atomic E-state index is 0.109. The van der Waals surface area contributed by atoms with Crippen molar-refractivity contribution in [2.45, 2.75) is 42.9 Å². The Morgan fingerprint density at radius 3 is 2.26 bits per heavy atom. The number of carbonyl (C=O) groups excluding carboxylic acids is 4. The fourth-order valence-electron chi connectivity index (χ4n) is 6.36. The third-order valence-electron chi connectivity index (χ3n) is 8.97. The van der Waals surface area contributed by atoms with Crippen LogP contribution < -0.4 is 20.7 Å². The fourth-order valence-corrected chi connectivity index (χ4v) is 7.92. The first-order valence-electron chi connectivity index (χ1n) is 18.4. The number of rotatable bonds is 14. The molecule has 2 aliphatic rings. The van der Waals surface area contributed by atoms with Crippen LogP contribution in [-0.4, -0.2) is 103 Å². The van der Waals surface area contributed by atoms with Crippen molar-refractivity contribution in [1.82, 2.24) is 10.2 Å². The molecule has 1 unspecified atom stereocenters. The Morgan fingerprint density at radius 2 is 1.65 bits per heavy atom. The van der Waals surface area contributed by atoms with E-state index in [0.29, 0.717) is 53.8 Å². The number of para-hydroxylation sites is 1. The summed E-state index contributed by atoms with van der Waals surface area (Å²) in [4.78, 5) is 55.6. The second kappa shape index (κ2) is 21.6. The number of hydrogen-bond acceptors (Lipinski definition) is 13. The van der Waals surface area contributed by atoms with Gasteiger partial charge >= 0.3 is 17.9 Å². The Hall–Kier alpha value is -4.86. The van der Waals surface area contributed by atoms with E-state index in [9.17, 15) is 19.2 Å². The average Bonchev–Trinajstić information content (AvgIpc) is 3.30. The normalized spacial score (nSPS) is 17.8. The summed E-state index contributed by atoms with van der Waals surface area (Å²) in [5, 5.41) is 3.16. The molecular formula is C42H51ClN4O9S. The molecule has 5 rings (SSSR count). The van der Waals surface area contributed by atoms with E-state index in [1.54, 1.807) is 61.9 Å². The number of dihydropyridines is 1. The lowest BCUT2D eigenvalue weighted by Crippen LogP contribution is -2.45. The van der Waals surface area contributed by atoms with Crippen LogP contribution in [0.3, 0.4) is 0 Å². The molecule has 2 aliphatic heterocycles. The Bertz CT molecular complexity index is 1950.